The van der Waals surface area contributed by atoms with Gasteiger partial charge in [0.2, 0.25) is 11.8 Å². The fourth-order valence-electron chi connectivity index (χ4n) is 2.15. The number of carbonyl (C=O) groups excluding carboxylic acids is 1. The van der Waals surface area contributed by atoms with Crippen LogP contribution in [-0.2, 0) is 4.79 Å². The van der Waals surface area contributed by atoms with Gasteiger partial charge < -0.3 is 15.2 Å². The Morgan fingerprint density at radius 3 is 2.96 bits per heavy atom. The molecule has 116 valence electrons. The van der Waals surface area contributed by atoms with Gasteiger partial charge in [0.15, 0.2) is 0 Å². The molecule has 3 rings (SSSR count). The molecular weight excluding hydrogens is 312 g/mol. The van der Waals surface area contributed by atoms with E-state index in [1.165, 1.54) is 18.4 Å². The Bertz CT molecular complexity index is 775. The van der Waals surface area contributed by atoms with E-state index in [0.29, 0.717) is 18.0 Å². The summed E-state index contributed by atoms with van der Waals surface area (Å²) in [6.07, 6.45) is 6.67. The fourth-order valence-corrected chi connectivity index (χ4v) is 2.82. The molecule has 23 heavy (non-hydrogen) atoms. The van der Waals surface area contributed by atoms with Gasteiger partial charge in [0.25, 0.3) is 0 Å². The molecule has 0 spiro atoms. The standard InChI is InChI=1S/C16H14N4O2S/c17-16(21)13-9-18-7-5-11(13)12-3-1-2-4-14(12)23-22-15-6-8-19-10-20-15/h1-8,10,18H,9H2,(H2,17,21). The number of allylic oxidation sites excluding steroid dienone is 2. The Labute approximate surface area is 137 Å². The Balaban J connectivity index is 1.91. The third-order valence-electron chi connectivity index (χ3n) is 3.22. The van der Waals surface area contributed by atoms with E-state index in [1.54, 1.807) is 18.5 Å². The summed E-state index contributed by atoms with van der Waals surface area (Å²) >= 11 is 1.18. The molecule has 0 fully saturated rings. The smallest absolute Gasteiger partial charge is 0.247 e. The number of rotatable bonds is 5. The van der Waals surface area contributed by atoms with Crippen molar-refractivity contribution in [3.8, 4) is 5.88 Å². The van der Waals surface area contributed by atoms with Gasteiger partial charge >= 0.3 is 0 Å². The Morgan fingerprint density at radius 2 is 2.17 bits per heavy atom. The Morgan fingerprint density at radius 1 is 1.30 bits per heavy atom. The van der Waals surface area contributed by atoms with Crippen molar-refractivity contribution < 1.29 is 8.98 Å². The van der Waals surface area contributed by atoms with Gasteiger partial charge in [0, 0.05) is 24.4 Å². The number of aromatic nitrogens is 2. The van der Waals surface area contributed by atoms with E-state index in [-0.39, 0.29) is 0 Å². The molecule has 1 aromatic carbocycles. The first-order valence-electron chi connectivity index (χ1n) is 6.88. The Kier molecular flexibility index (Phi) is 4.58. The largest absolute Gasteiger partial charge is 0.400 e. The van der Waals surface area contributed by atoms with Crippen LogP contribution in [0, 0.1) is 0 Å². The summed E-state index contributed by atoms with van der Waals surface area (Å²) < 4.78 is 5.61. The molecule has 0 radical (unpaired) electrons. The molecular formula is C16H14N4O2S. The van der Waals surface area contributed by atoms with Crippen molar-refractivity contribution in [1.82, 2.24) is 15.3 Å². The van der Waals surface area contributed by atoms with E-state index in [2.05, 4.69) is 15.3 Å². The summed E-state index contributed by atoms with van der Waals surface area (Å²) in [5, 5.41) is 3.00. The lowest BCUT2D eigenvalue weighted by Crippen LogP contribution is -2.26. The fraction of sp³-hybridized carbons (Fsp3) is 0.0625. The van der Waals surface area contributed by atoms with Gasteiger partial charge in [-0.25, -0.2) is 9.97 Å². The van der Waals surface area contributed by atoms with Crippen LogP contribution in [0.2, 0.25) is 0 Å². The minimum atomic E-state index is -0.437. The van der Waals surface area contributed by atoms with Crippen LogP contribution in [0.25, 0.3) is 5.57 Å². The van der Waals surface area contributed by atoms with E-state index in [0.717, 1.165) is 16.0 Å². The third-order valence-corrected chi connectivity index (χ3v) is 4.01. The predicted molar refractivity (Wildman–Crippen MR) is 88.2 cm³/mol. The van der Waals surface area contributed by atoms with Crippen LogP contribution < -0.4 is 15.2 Å². The number of primary amides is 1. The number of hydrogen-bond acceptors (Lipinski definition) is 6. The lowest BCUT2D eigenvalue weighted by Gasteiger charge is -2.17. The summed E-state index contributed by atoms with van der Waals surface area (Å²) in [6, 6.07) is 9.34. The van der Waals surface area contributed by atoms with E-state index in [1.807, 2.05) is 30.3 Å². The van der Waals surface area contributed by atoms with Gasteiger partial charge in [0.1, 0.15) is 6.33 Å². The highest BCUT2D eigenvalue weighted by molar-refractivity contribution is 7.95. The molecule has 0 aliphatic carbocycles. The minimum absolute atomic E-state index is 0.410. The highest BCUT2D eigenvalue weighted by Gasteiger charge is 2.17. The SMILES string of the molecule is NC(=O)C1=C(c2ccccc2SOc2ccncn2)C=CNC1. The van der Waals surface area contributed by atoms with Gasteiger partial charge in [-0.3, -0.25) is 4.79 Å². The quantitative estimate of drug-likeness (QED) is 0.816. The van der Waals surface area contributed by atoms with Crippen LogP contribution in [0.4, 0.5) is 0 Å². The monoisotopic (exact) mass is 326 g/mol. The van der Waals surface area contributed by atoms with Gasteiger partial charge in [-0.2, -0.15) is 0 Å². The number of amides is 1. The van der Waals surface area contributed by atoms with Gasteiger partial charge in [-0.1, -0.05) is 18.2 Å². The van der Waals surface area contributed by atoms with Gasteiger partial charge in [-0.15, -0.1) is 0 Å². The van der Waals surface area contributed by atoms with Crippen molar-refractivity contribution in [2.75, 3.05) is 6.54 Å². The van der Waals surface area contributed by atoms with Crippen LogP contribution in [0.15, 0.2) is 65.6 Å². The topological polar surface area (TPSA) is 90.1 Å². The average molecular weight is 326 g/mol. The zero-order valence-corrected chi connectivity index (χ0v) is 12.9. The van der Waals surface area contributed by atoms with Crippen LogP contribution in [0.1, 0.15) is 5.56 Å². The molecule has 3 N–H and O–H groups in total. The van der Waals surface area contributed by atoms with Crippen molar-refractivity contribution >= 4 is 23.5 Å². The molecule has 1 amide bonds. The summed E-state index contributed by atoms with van der Waals surface area (Å²) in [6.45, 7) is 0.410. The second-order valence-electron chi connectivity index (χ2n) is 4.68. The molecule has 1 aromatic heterocycles. The van der Waals surface area contributed by atoms with Crippen LogP contribution in [-0.4, -0.2) is 22.4 Å². The summed E-state index contributed by atoms with van der Waals surface area (Å²) in [4.78, 5) is 20.4. The maximum atomic E-state index is 11.7. The normalized spacial score (nSPS) is 13.6. The van der Waals surface area contributed by atoms with Crippen LogP contribution in [0.3, 0.4) is 0 Å². The molecule has 0 atom stereocenters. The second-order valence-corrected chi connectivity index (χ2v) is 5.45. The predicted octanol–water partition coefficient (Wildman–Crippen LogP) is 1.92. The van der Waals surface area contributed by atoms with Crippen LogP contribution >= 0.6 is 12.0 Å². The van der Waals surface area contributed by atoms with E-state index < -0.39 is 5.91 Å². The highest BCUT2D eigenvalue weighted by atomic mass is 32.2. The first kappa shape index (κ1) is 15.1. The van der Waals surface area contributed by atoms with Crippen molar-refractivity contribution in [3.63, 3.8) is 0 Å². The van der Waals surface area contributed by atoms with E-state index >= 15 is 0 Å². The Hall–Kier alpha value is -2.80. The second kappa shape index (κ2) is 6.97. The van der Waals surface area contributed by atoms with Crippen molar-refractivity contribution in [3.05, 3.63) is 66.3 Å². The zero-order chi connectivity index (χ0) is 16.1. The molecule has 0 saturated carbocycles. The number of nitrogens with one attached hydrogen (secondary N) is 1. The highest BCUT2D eigenvalue weighted by Crippen LogP contribution is 2.32. The maximum absolute atomic E-state index is 11.7. The molecule has 1 aliphatic rings. The molecule has 0 unspecified atom stereocenters. The molecule has 0 saturated heterocycles. The van der Waals surface area contributed by atoms with E-state index in [9.17, 15) is 4.79 Å². The van der Waals surface area contributed by atoms with Crippen molar-refractivity contribution in [1.29, 1.82) is 0 Å². The number of nitrogens with zero attached hydrogens (tertiary/aromatic N) is 2. The molecule has 7 heteroatoms. The number of hydrogen-bond donors (Lipinski definition) is 2. The first-order chi connectivity index (χ1) is 11.3. The number of carbonyl (C=O) groups is 1. The molecule has 2 aromatic rings. The third kappa shape index (κ3) is 3.51. The number of dihydropyridines is 1. The van der Waals surface area contributed by atoms with Gasteiger partial charge in [-0.05, 0) is 29.5 Å². The van der Waals surface area contributed by atoms with Gasteiger partial charge in [0.05, 0.1) is 16.9 Å². The molecule has 2 heterocycles. The van der Waals surface area contributed by atoms with E-state index in [4.69, 9.17) is 9.92 Å². The lowest BCUT2D eigenvalue weighted by atomic mass is 9.97. The summed E-state index contributed by atoms with van der Waals surface area (Å²) in [7, 11) is 0. The molecule has 1 aliphatic heterocycles. The van der Waals surface area contributed by atoms with Crippen molar-refractivity contribution in [2.24, 2.45) is 5.73 Å². The first-order valence-corrected chi connectivity index (χ1v) is 7.62. The molecule has 0 bridgehead atoms. The summed E-state index contributed by atoms with van der Waals surface area (Å²) in [5.41, 5.74) is 7.71. The zero-order valence-electron chi connectivity index (χ0n) is 12.1. The molecule has 6 nitrogen and oxygen atoms in total. The average Bonchev–Trinajstić information content (AvgIpc) is 2.61. The maximum Gasteiger partial charge on any atom is 0.247 e. The minimum Gasteiger partial charge on any atom is -0.400 e. The van der Waals surface area contributed by atoms with Crippen molar-refractivity contribution in [2.45, 2.75) is 4.90 Å². The lowest BCUT2D eigenvalue weighted by molar-refractivity contribution is -0.114. The number of benzene rings is 1. The number of nitrogens with two attached hydrogens (primary N) is 1. The van der Waals surface area contributed by atoms with Crippen LogP contribution in [0.5, 0.6) is 5.88 Å². The summed E-state index contributed by atoms with van der Waals surface area (Å²) in [5.74, 6) is 0.0260.